The number of hydrogen-bond acceptors (Lipinski definition) is 4. The molecule has 0 aliphatic carbocycles. The number of nitrogens with zero attached hydrogens (tertiary/aromatic N) is 2. The second kappa shape index (κ2) is 6.84. The van der Waals surface area contributed by atoms with Crippen LogP contribution in [0.2, 0.25) is 0 Å². The van der Waals surface area contributed by atoms with Crippen LogP contribution in [-0.4, -0.2) is 42.1 Å². The lowest BCUT2D eigenvalue weighted by atomic mass is 10.0. The molecule has 5 nitrogen and oxygen atoms in total. The quantitative estimate of drug-likeness (QED) is 0.784. The maximum atomic E-state index is 11.9. The molecule has 0 atom stereocenters. The van der Waals surface area contributed by atoms with Crippen molar-refractivity contribution in [2.45, 2.75) is 6.92 Å². The molecule has 124 valence electrons. The molecule has 0 spiro atoms. The molecule has 3 rings (SSSR count). The van der Waals surface area contributed by atoms with Crippen molar-refractivity contribution in [1.29, 1.82) is 0 Å². The minimum absolute atomic E-state index is 0.103. The minimum Gasteiger partial charge on any atom is -0.492 e. The average Bonchev–Trinajstić information content (AvgIpc) is 2.54. The summed E-state index contributed by atoms with van der Waals surface area (Å²) >= 11 is 0. The van der Waals surface area contributed by atoms with Gasteiger partial charge in [0.15, 0.2) is 0 Å². The van der Waals surface area contributed by atoms with E-state index in [-0.39, 0.29) is 5.56 Å². The molecule has 0 bridgehead atoms. The van der Waals surface area contributed by atoms with Gasteiger partial charge in [-0.25, -0.2) is 4.98 Å². The van der Waals surface area contributed by atoms with E-state index in [0.717, 1.165) is 23.4 Å². The molecule has 0 radical (unpaired) electrons. The molecule has 0 unspecified atom stereocenters. The third-order valence-corrected chi connectivity index (χ3v) is 3.82. The first-order chi connectivity index (χ1) is 11.5. The number of nitrogens with one attached hydrogen (secondary N) is 1. The van der Waals surface area contributed by atoms with Gasteiger partial charge in [-0.1, -0.05) is 18.2 Å². The zero-order valence-corrected chi connectivity index (χ0v) is 14.2. The van der Waals surface area contributed by atoms with Crippen LogP contribution in [0.15, 0.2) is 47.3 Å². The average molecular weight is 323 g/mol. The van der Waals surface area contributed by atoms with Gasteiger partial charge in [-0.3, -0.25) is 4.79 Å². The van der Waals surface area contributed by atoms with Crippen LogP contribution < -0.4 is 10.3 Å². The summed E-state index contributed by atoms with van der Waals surface area (Å²) in [5.74, 6) is 1.47. The van der Waals surface area contributed by atoms with Crippen LogP contribution in [0.25, 0.3) is 22.0 Å². The van der Waals surface area contributed by atoms with Gasteiger partial charge in [0.05, 0.1) is 10.9 Å². The maximum Gasteiger partial charge on any atom is 0.258 e. The third-order valence-electron chi connectivity index (χ3n) is 3.82. The minimum atomic E-state index is -0.103. The topological polar surface area (TPSA) is 58.2 Å². The number of H-pyrrole nitrogens is 1. The zero-order valence-electron chi connectivity index (χ0n) is 14.2. The Morgan fingerprint density at radius 1 is 1.08 bits per heavy atom. The van der Waals surface area contributed by atoms with Crippen LogP contribution in [0.4, 0.5) is 0 Å². The first kappa shape index (κ1) is 16.2. The summed E-state index contributed by atoms with van der Waals surface area (Å²) in [4.78, 5) is 21.1. The molecule has 2 aromatic carbocycles. The second-order valence-corrected chi connectivity index (χ2v) is 6.06. The van der Waals surface area contributed by atoms with Crippen molar-refractivity contribution in [3.05, 3.63) is 58.6 Å². The molecule has 0 saturated heterocycles. The molecule has 3 aromatic rings. The van der Waals surface area contributed by atoms with Crippen molar-refractivity contribution in [3.8, 4) is 16.9 Å². The number of likely N-dealkylation sites (N-methyl/N-ethyl adjacent to an activating group) is 1. The smallest absolute Gasteiger partial charge is 0.258 e. The normalized spacial score (nSPS) is 11.2. The van der Waals surface area contributed by atoms with E-state index >= 15 is 0 Å². The summed E-state index contributed by atoms with van der Waals surface area (Å²) in [5.41, 5.74) is 2.70. The van der Waals surface area contributed by atoms with E-state index in [1.807, 2.05) is 56.6 Å². The van der Waals surface area contributed by atoms with Gasteiger partial charge in [0, 0.05) is 6.54 Å². The lowest BCUT2D eigenvalue weighted by Crippen LogP contribution is -2.19. The zero-order chi connectivity index (χ0) is 17.1. The predicted molar refractivity (Wildman–Crippen MR) is 96.6 cm³/mol. The highest BCUT2D eigenvalue weighted by Crippen LogP contribution is 2.24. The number of hydrogen-bond donors (Lipinski definition) is 1. The van der Waals surface area contributed by atoms with Crippen LogP contribution in [0.5, 0.6) is 5.75 Å². The summed E-state index contributed by atoms with van der Waals surface area (Å²) in [6.07, 6.45) is 0. The lowest BCUT2D eigenvalue weighted by Gasteiger charge is -2.11. The fourth-order valence-corrected chi connectivity index (χ4v) is 2.53. The number of aromatic nitrogens is 2. The van der Waals surface area contributed by atoms with Gasteiger partial charge in [0.1, 0.15) is 18.2 Å². The van der Waals surface area contributed by atoms with Crippen LogP contribution >= 0.6 is 0 Å². The van der Waals surface area contributed by atoms with E-state index < -0.39 is 0 Å². The molecule has 1 aromatic heterocycles. The molecule has 1 heterocycles. The third kappa shape index (κ3) is 3.63. The van der Waals surface area contributed by atoms with Crippen molar-refractivity contribution in [2.24, 2.45) is 0 Å². The Morgan fingerprint density at radius 3 is 2.50 bits per heavy atom. The Balaban J connectivity index is 1.84. The summed E-state index contributed by atoms with van der Waals surface area (Å²) in [6, 6.07) is 13.7. The number of fused-ring (bicyclic) bond motifs is 1. The second-order valence-electron chi connectivity index (χ2n) is 6.06. The molecule has 0 aliphatic heterocycles. The van der Waals surface area contributed by atoms with Crippen molar-refractivity contribution < 1.29 is 4.74 Å². The Labute approximate surface area is 140 Å². The van der Waals surface area contributed by atoms with Crippen molar-refractivity contribution in [1.82, 2.24) is 14.9 Å². The highest BCUT2D eigenvalue weighted by atomic mass is 16.5. The number of benzene rings is 2. The molecule has 24 heavy (non-hydrogen) atoms. The summed E-state index contributed by atoms with van der Waals surface area (Å²) < 4.78 is 5.71. The molecule has 0 aliphatic rings. The predicted octanol–water partition coefficient (Wildman–Crippen LogP) is 2.84. The van der Waals surface area contributed by atoms with Crippen LogP contribution in [0.3, 0.4) is 0 Å². The van der Waals surface area contributed by atoms with E-state index in [2.05, 4.69) is 14.9 Å². The van der Waals surface area contributed by atoms with Crippen molar-refractivity contribution in [3.63, 3.8) is 0 Å². The largest absolute Gasteiger partial charge is 0.492 e. The highest BCUT2D eigenvalue weighted by Gasteiger charge is 2.05. The molecule has 0 amide bonds. The van der Waals surface area contributed by atoms with Gasteiger partial charge >= 0.3 is 0 Å². The van der Waals surface area contributed by atoms with Crippen LogP contribution in [0.1, 0.15) is 5.82 Å². The van der Waals surface area contributed by atoms with Gasteiger partial charge in [0.25, 0.3) is 5.56 Å². The number of ether oxygens (including phenoxy) is 1. The van der Waals surface area contributed by atoms with Crippen LogP contribution in [0, 0.1) is 6.92 Å². The number of aromatic amines is 1. The SMILES string of the molecule is Cc1nc2cc(-c3ccc(OCCN(C)C)cc3)ccc2c(=O)[nH]1. The van der Waals surface area contributed by atoms with E-state index in [9.17, 15) is 4.79 Å². The van der Waals surface area contributed by atoms with Gasteiger partial charge in [0.2, 0.25) is 0 Å². The van der Waals surface area contributed by atoms with Gasteiger partial charge < -0.3 is 14.6 Å². The van der Waals surface area contributed by atoms with E-state index in [4.69, 9.17) is 4.74 Å². The van der Waals surface area contributed by atoms with E-state index in [0.29, 0.717) is 23.3 Å². The fraction of sp³-hybridized carbons (Fsp3) is 0.263. The first-order valence-corrected chi connectivity index (χ1v) is 7.91. The molecule has 0 saturated carbocycles. The Kier molecular flexibility index (Phi) is 4.62. The number of rotatable bonds is 5. The number of aryl methyl sites for hydroxylation is 1. The van der Waals surface area contributed by atoms with Crippen molar-refractivity contribution >= 4 is 10.9 Å². The lowest BCUT2D eigenvalue weighted by molar-refractivity contribution is 0.261. The standard InChI is InChI=1S/C19H21N3O2/c1-13-20-18-12-15(6-9-17(18)19(23)21-13)14-4-7-16(8-5-14)24-11-10-22(2)3/h4-9,12H,10-11H2,1-3H3,(H,20,21,23). The van der Waals surface area contributed by atoms with Crippen LogP contribution in [-0.2, 0) is 0 Å². The maximum absolute atomic E-state index is 11.9. The Bertz CT molecular complexity index is 899. The van der Waals surface area contributed by atoms with E-state index in [1.54, 1.807) is 6.92 Å². The first-order valence-electron chi connectivity index (χ1n) is 7.91. The van der Waals surface area contributed by atoms with Gasteiger partial charge in [-0.05, 0) is 56.4 Å². The van der Waals surface area contributed by atoms with Gasteiger partial charge in [-0.2, -0.15) is 0 Å². The summed E-state index contributed by atoms with van der Waals surface area (Å²) in [7, 11) is 4.04. The highest BCUT2D eigenvalue weighted by molar-refractivity contribution is 5.83. The molecular formula is C19H21N3O2. The Morgan fingerprint density at radius 2 is 1.79 bits per heavy atom. The van der Waals surface area contributed by atoms with Gasteiger partial charge in [-0.15, -0.1) is 0 Å². The molecule has 0 fully saturated rings. The summed E-state index contributed by atoms with van der Waals surface area (Å²) in [5, 5.41) is 0.605. The molecular weight excluding hydrogens is 302 g/mol. The fourth-order valence-electron chi connectivity index (χ4n) is 2.53. The van der Waals surface area contributed by atoms with E-state index in [1.165, 1.54) is 0 Å². The summed E-state index contributed by atoms with van der Waals surface area (Å²) in [6.45, 7) is 3.33. The Hall–Kier alpha value is -2.66. The molecule has 1 N–H and O–H groups in total. The molecule has 5 heteroatoms. The van der Waals surface area contributed by atoms with Crippen molar-refractivity contribution in [2.75, 3.05) is 27.2 Å². The monoisotopic (exact) mass is 323 g/mol.